The fourth-order valence-corrected chi connectivity index (χ4v) is 2.42. The molecular formula is C7H15ClN2O3S. The highest BCUT2D eigenvalue weighted by Crippen LogP contribution is 2.04. The van der Waals surface area contributed by atoms with Crippen LogP contribution in [-0.4, -0.2) is 49.9 Å². The van der Waals surface area contributed by atoms with Crippen LogP contribution in [0.1, 0.15) is 6.92 Å². The highest BCUT2D eigenvalue weighted by molar-refractivity contribution is 7.91. The summed E-state index contributed by atoms with van der Waals surface area (Å²) in [5.74, 6) is -0.0494. The standard InChI is InChI=1S/C7H14N2O3S.ClH/c1-6(8)7(10)9-2-4-13(11,12)5-3-9;/h6H,2-5,8H2,1H3;1H. The molecule has 0 aromatic heterocycles. The average Bonchev–Trinajstić information content (AvgIpc) is 2.03. The predicted octanol–water partition coefficient (Wildman–Crippen LogP) is -0.988. The van der Waals surface area contributed by atoms with Gasteiger partial charge in [-0.1, -0.05) is 0 Å². The number of rotatable bonds is 1. The van der Waals surface area contributed by atoms with E-state index in [4.69, 9.17) is 5.73 Å². The summed E-state index contributed by atoms with van der Waals surface area (Å²) in [4.78, 5) is 12.8. The number of carbonyl (C=O) groups excluding carboxylic acids is 1. The first kappa shape index (κ1) is 13.7. The zero-order valence-corrected chi connectivity index (χ0v) is 9.60. The number of amides is 1. The van der Waals surface area contributed by atoms with Crippen LogP contribution in [-0.2, 0) is 14.6 Å². The predicted molar refractivity (Wildman–Crippen MR) is 56.1 cm³/mol. The number of nitrogens with two attached hydrogens (primary N) is 1. The van der Waals surface area contributed by atoms with Crippen LogP contribution in [0.4, 0.5) is 0 Å². The molecule has 0 aliphatic carbocycles. The largest absolute Gasteiger partial charge is 0.339 e. The smallest absolute Gasteiger partial charge is 0.239 e. The van der Waals surface area contributed by atoms with Crippen molar-refractivity contribution in [2.75, 3.05) is 24.6 Å². The molecule has 1 saturated heterocycles. The van der Waals surface area contributed by atoms with Crippen molar-refractivity contribution in [2.45, 2.75) is 13.0 Å². The fourth-order valence-electron chi connectivity index (χ4n) is 1.22. The number of hydrogen-bond donors (Lipinski definition) is 1. The Balaban J connectivity index is 0.00000169. The van der Waals surface area contributed by atoms with Crippen molar-refractivity contribution in [1.29, 1.82) is 0 Å². The summed E-state index contributed by atoms with van der Waals surface area (Å²) in [6.07, 6.45) is 0. The Bertz CT molecular complexity index is 288. The first-order valence-corrected chi connectivity index (χ1v) is 5.99. The molecule has 0 bridgehead atoms. The minimum atomic E-state index is -2.91. The summed E-state index contributed by atoms with van der Waals surface area (Å²) in [6, 6.07) is -0.541. The van der Waals surface area contributed by atoms with Gasteiger partial charge >= 0.3 is 0 Å². The van der Waals surface area contributed by atoms with Crippen LogP contribution in [0.15, 0.2) is 0 Å². The maximum Gasteiger partial charge on any atom is 0.239 e. The summed E-state index contributed by atoms with van der Waals surface area (Å²) in [7, 11) is -2.91. The van der Waals surface area contributed by atoms with E-state index in [1.54, 1.807) is 6.92 Å². The van der Waals surface area contributed by atoms with Gasteiger partial charge in [0.2, 0.25) is 5.91 Å². The van der Waals surface area contributed by atoms with E-state index in [9.17, 15) is 13.2 Å². The van der Waals surface area contributed by atoms with E-state index < -0.39 is 15.9 Å². The lowest BCUT2D eigenvalue weighted by atomic mass is 10.3. The summed E-state index contributed by atoms with van der Waals surface area (Å²) in [6.45, 7) is 2.16. The Labute approximate surface area is 90.0 Å². The van der Waals surface area contributed by atoms with Crippen molar-refractivity contribution in [3.05, 3.63) is 0 Å². The van der Waals surface area contributed by atoms with E-state index in [0.717, 1.165) is 0 Å². The van der Waals surface area contributed by atoms with Crippen molar-refractivity contribution >= 4 is 28.2 Å². The van der Waals surface area contributed by atoms with Gasteiger partial charge in [-0.25, -0.2) is 8.42 Å². The van der Waals surface area contributed by atoms with Crippen LogP contribution in [0.25, 0.3) is 0 Å². The fraction of sp³-hybridized carbons (Fsp3) is 0.857. The van der Waals surface area contributed by atoms with Crippen molar-refractivity contribution in [3.63, 3.8) is 0 Å². The molecule has 0 spiro atoms. The van der Waals surface area contributed by atoms with Gasteiger partial charge in [-0.15, -0.1) is 12.4 Å². The van der Waals surface area contributed by atoms with Crippen molar-refractivity contribution in [3.8, 4) is 0 Å². The van der Waals surface area contributed by atoms with Crippen LogP contribution < -0.4 is 5.73 Å². The molecule has 2 N–H and O–H groups in total. The maximum atomic E-state index is 11.3. The van der Waals surface area contributed by atoms with Gasteiger partial charge in [0, 0.05) is 13.1 Å². The van der Waals surface area contributed by atoms with Gasteiger partial charge in [0.05, 0.1) is 17.5 Å². The van der Waals surface area contributed by atoms with Gasteiger partial charge in [0.1, 0.15) is 0 Å². The molecule has 5 nitrogen and oxygen atoms in total. The van der Waals surface area contributed by atoms with Crippen LogP contribution in [0.3, 0.4) is 0 Å². The van der Waals surface area contributed by atoms with E-state index >= 15 is 0 Å². The molecule has 0 radical (unpaired) electrons. The summed E-state index contributed by atoms with van der Waals surface area (Å²) in [5.41, 5.74) is 5.39. The third-order valence-corrected chi connectivity index (χ3v) is 3.65. The van der Waals surface area contributed by atoms with Crippen LogP contribution in [0.2, 0.25) is 0 Å². The van der Waals surface area contributed by atoms with Crippen LogP contribution in [0.5, 0.6) is 0 Å². The Morgan fingerprint density at radius 3 is 2.14 bits per heavy atom. The molecule has 0 aromatic rings. The molecule has 14 heavy (non-hydrogen) atoms. The minimum Gasteiger partial charge on any atom is -0.339 e. The van der Waals surface area contributed by atoms with E-state index in [0.29, 0.717) is 0 Å². The molecule has 7 heteroatoms. The van der Waals surface area contributed by atoms with Crippen molar-refractivity contribution < 1.29 is 13.2 Å². The third kappa shape index (κ3) is 3.43. The van der Waals surface area contributed by atoms with E-state index in [-0.39, 0.29) is 42.9 Å². The van der Waals surface area contributed by atoms with E-state index in [1.807, 2.05) is 0 Å². The van der Waals surface area contributed by atoms with E-state index in [1.165, 1.54) is 4.90 Å². The molecule has 1 unspecified atom stereocenters. The molecule has 84 valence electrons. The van der Waals surface area contributed by atoms with Gasteiger partial charge in [0.25, 0.3) is 0 Å². The van der Waals surface area contributed by atoms with Gasteiger partial charge < -0.3 is 10.6 Å². The van der Waals surface area contributed by atoms with Crippen molar-refractivity contribution in [1.82, 2.24) is 4.90 Å². The molecule has 1 atom stereocenters. The average molecular weight is 243 g/mol. The van der Waals surface area contributed by atoms with Gasteiger partial charge in [0.15, 0.2) is 9.84 Å². The zero-order valence-electron chi connectivity index (χ0n) is 7.97. The lowest BCUT2D eigenvalue weighted by Gasteiger charge is -2.27. The Kier molecular flexibility index (Phi) is 4.83. The molecule has 1 aliphatic heterocycles. The first-order chi connectivity index (χ1) is 5.92. The molecule has 0 aromatic carbocycles. The number of halogens is 1. The van der Waals surface area contributed by atoms with E-state index in [2.05, 4.69) is 0 Å². The van der Waals surface area contributed by atoms with Crippen LogP contribution >= 0.6 is 12.4 Å². The quantitative estimate of drug-likeness (QED) is 0.641. The normalized spacial score (nSPS) is 22.3. The van der Waals surface area contributed by atoms with Crippen LogP contribution in [0, 0.1) is 0 Å². The third-order valence-electron chi connectivity index (χ3n) is 2.05. The minimum absolute atomic E-state index is 0. The van der Waals surface area contributed by atoms with Gasteiger partial charge in [-0.3, -0.25) is 4.79 Å². The molecule has 1 rings (SSSR count). The Morgan fingerprint density at radius 1 is 1.36 bits per heavy atom. The molecule has 0 saturated carbocycles. The molecule has 1 heterocycles. The van der Waals surface area contributed by atoms with Gasteiger partial charge in [-0.2, -0.15) is 0 Å². The SMILES string of the molecule is CC(N)C(=O)N1CCS(=O)(=O)CC1.Cl. The molecule has 1 fully saturated rings. The Morgan fingerprint density at radius 2 is 1.79 bits per heavy atom. The first-order valence-electron chi connectivity index (χ1n) is 4.17. The molecular weight excluding hydrogens is 228 g/mol. The molecule has 1 amide bonds. The monoisotopic (exact) mass is 242 g/mol. The Hall–Kier alpha value is -0.330. The zero-order chi connectivity index (χ0) is 10.1. The second-order valence-electron chi connectivity index (χ2n) is 3.27. The second-order valence-corrected chi connectivity index (χ2v) is 5.57. The molecule has 1 aliphatic rings. The maximum absolute atomic E-state index is 11.3. The highest BCUT2D eigenvalue weighted by atomic mass is 35.5. The summed E-state index contributed by atoms with van der Waals surface area (Å²) in [5, 5.41) is 0. The number of nitrogens with zero attached hydrogens (tertiary/aromatic N) is 1. The summed E-state index contributed by atoms with van der Waals surface area (Å²) >= 11 is 0. The number of sulfone groups is 1. The number of hydrogen-bond acceptors (Lipinski definition) is 4. The van der Waals surface area contributed by atoms with Gasteiger partial charge in [-0.05, 0) is 6.92 Å². The van der Waals surface area contributed by atoms with Crippen molar-refractivity contribution in [2.24, 2.45) is 5.73 Å². The highest BCUT2D eigenvalue weighted by Gasteiger charge is 2.26. The lowest BCUT2D eigenvalue weighted by molar-refractivity contribution is -0.131. The summed E-state index contributed by atoms with van der Waals surface area (Å²) < 4.78 is 22.0. The second kappa shape index (κ2) is 4.95. The number of carbonyl (C=O) groups is 1. The topological polar surface area (TPSA) is 80.5 Å². The lowest BCUT2D eigenvalue weighted by Crippen LogP contribution is -2.49.